The van der Waals surface area contributed by atoms with Gasteiger partial charge < -0.3 is 14.7 Å². The van der Waals surface area contributed by atoms with Crippen LogP contribution in [-0.4, -0.2) is 41.3 Å². The Kier molecular flexibility index (Phi) is 4.32. The summed E-state index contributed by atoms with van der Waals surface area (Å²) < 4.78 is 5.32. The SMILES string of the molecule is O=[N+]([O-])c1cc(-c2cnc(CO)s2)cc(N2CCOCC2)c1. The Hall–Kier alpha value is -2.03. The zero-order valence-corrected chi connectivity index (χ0v) is 12.6. The Morgan fingerprint density at radius 3 is 2.77 bits per heavy atom. The molecule has 0 aliphatic carbocycles. The molecule has 1 N–H and O–H groups in total. The summed E-state index contributed by atoms with van der Waals surface area (Å²) in [6.07, 6.45) is 1.64. The van der Waals surface area contributed by atoms with Gasteiger partial charge in [0.1, 0.15) is 5.01 Å². The first-order valence-corrected chi connectivity index (χ1v) is 7.67. The number of morpholine rings is 1. The first-order valence-electron chi connectivity index (χ1n) is 6.85. The van der Waals surface area contributed by atoms with Crippen LogP contribution >= 0.6 is 11.3 Å². The van der Waals surface area contributed by atoms with Crippen molar-refractivity contribution in [3.63, 3.8) is 0 Å². The topological polar surface area (TPSA) is 88.7 Å². The zero-order chi connectivity index (χ0) is 15.5. The van der Waals surface area contributed by atoms with E-state index in [0.717, 1.165) is 16.1 Å². The molecule has 2 heterocycles. The molecule has 1 aliphatic rings. The molecule has 2 aromatic rings. The van der Waals surface area contributed by atoms with E-state index < -0.39 is 0 Å². The van der Waals surface area contributed by atoms with Crippen LogP contribution in [0.4, 0.5) is 11.4 Å². The summed E-state index contributed by atoms with van der Waals surface area (Å²) in [4.78, 5) is 17.8. The van der Waals surface area contributed by atoms with Crippen LogP contribution in [0.1, 0.15) is 5.01 Å². The third kappa shape index (κ3) is 3.08. The molecule has 0 bridgehead atoms. The number of thiazole rings is 1. The highest BCUT2D eigenvalue weighted by Crippen LogP contribution is 2.33. The Morgan fingerprint density at radius 1 is 1.36 bits per heavy atom. The molecule has 1 aliphatic heterocycles. The van der Waals surface area contributed by atoms with E-state index >= 15 is 0 Å². The number of hydrogen-bond donors (Lipinski definition) is 1. The monoisotopic (exact) mass is 321 g/mol. The van der Waals surface area contributed by atoms with Crippen molar-refractivity contribution in [3.05, 3.63) is 39.5 Å². The van der Waals surface area contributed by atoms with Gasteiger partial charge in [-0.05, 0) is 6.07 Å². The van der Waals surface area contributed by atoms with E-state index in [0.29, 0.717) is 31.3 Å². The van der Waals surface area contributed by atoms with E-state index in [1.807, 2.05) is 6.07 Å². The summed E-state index contributed by atoms with van der Waals surface area (Å²) in [6, 6.07) is 5.05. The number of non-ortho nitro benzene ring substituents is 1. The van der Waals surface area contributed by atoms with Gasteiger partial charge in [-0.25, -0.2) is 4.98 Å². The number of ether oxygens (including phenoxy) is 1. The molecule has 1 aromatic heterocycles. The van der Waals surface area contributed by atoms with Crippen LogP contribution in [0, 0.1) is 10.1 Å². The second kappa shape index (κ2) is 6.39. The van der Waals surface area contributed by atoms with E-state index in [2.05, 4.69) is 9.88 Å². The van der Waals surface area contributed by atoms with Crippen LogP contribution in [0.2, 0.25) is 0 Å². The minimum absolute atomic E-state index is 0.0536. The van der Waals surface area contributed by atoms with Gasteiger partial charge in [-0.15, -0.1) is 11.3 Å². The number of nitro benzene ring substituents is 1. The Balaban J connectivity index is 2.01. The molecule has 0 atom stereocenters. The highest BCUT2D eigenvalue weighted by Gasteiger charge is 2.18. The number of nitro groups is 1. The molecular formula is C14H15N3O4S. The molecule has 3 rings (SSSR count). The molecular weight excluding hydrogens is 306 g/mol. The average molecular weight is 321 g/mol. The second-order valence-corrected chi connectivity index (χ2v) is 5.99. The third-order valence-electron chi connectivity index (χ3n) is 3.46. The van der Waals surface area contributed by atoms with E-state index in [1.165, 1.54) is 11.3 Å². The molecule has 1 saturated heterocycles. The van der Waals surface area contributed by atoms with Crippen LogP contribution in [-0.2, 0) is 11.3 Å². The summed E-state index contributed by atoms with van der Waals surface area (Å²) in [7, 11) is 0. The predicted octanol–water partition coefficient (Wildman–Crippen LogP) is 2.05. The van der Waals surface area contributed by atoms with Gasteiger partial charge in [0.25, 0.3) is 5.69 Å². The van der Waals surface area contributed by atoms with Crippen molar-refractivity contribution in [2.24, 2.45) is 0 Å². The van der Waals surface area contributed by atoms with E-state index in [9.17, 15) is 10.1 Å². The Labute approximate surface area is 130 Å². The molecule has 7 nitrogen and oxygen atoms in total. The predicted molar refractivity (Wildman–Crippen MR) is 83.2 cm³/mol. The van der Waals surface area contributed by atoms with Crippen molar-refractivity contribution in [1.29, 1.82) is 0 Å². The van der Waals surface area contributed by atoms with Gasteiger partial charge in [0.15, 0.2) is 0 Å². The van der Waals surface area contributed by atoms with Gasteiger partial charge >= 0.3 is 0 Å². The third-order valence-corrected chi connectivity index (χ3v) is 4.49. The van der Waals surface area contributed by atoms with Crippen molar-refractivity contribution in [3.8, 4) is 10.4 Å². The number of aliphatic hydroxyl groups is 1. The lowest BCUT2D eigenvalue weighted by molar-refractivity contribution is -0.384. The quantitative estimate of drug-likeness (QED) is 0.685. The number of rotatable bonds is 4. The van der Waals surface area contributed by atoms with E-state index in [-0.39, 0.29) is 17.2 Å². The van der Waals surface area contributed by atoms with Crippen molar-refractivity contribution < 1.29 is 14.8 Å². The summed E-state index contributed by atoms with van der Waals surface area (Å²) in [6.45, 7) is 2.53. The van der Waals surface area contributed by atoms with Gasteiger partial charge in [-0.1, -0.05) is 0 Å². The maximum absolute atomic E-state index is 11.2. The van der Waals surface area contributed by atoms with Crippen molar-refractivity contribution in [1.82, 2.24) is 4.98 Å². The largest absolute Gasteiger partial charge is 0.389 e. The molecule has 0 spiro atoms. The number of aromatic nitrogens is 1. The number of benzene rings is 1. The average Bonchev–Trinajstić information content (AvgIpc) is 3.04. The molecule has 22 heavy (non-hydrogen) atoms. The molecule has 0 amide bonds. The molecule has 0 unspecified atom stereocenters. The lowest BCUT2D eigenvalue weighted by atomic mass is 10.1. The summed E-state index contributed by atoms with van der Waals surface area (Å²) >= 11 is 1.33. The van der Waals surface area contributed by atoms with Gasteiger partial charge in [0, 0.05) is 42.7 Å². The second-order valence-electron chi connectivity index (χ2n) is 4.87. The number of hydrogen-bond acceptors (Lipinski definition) is 7. The molecule has 1 fully saturated rings. The number of anilines is 1. The van der Waals surface area contributed by atoms with Crippen LogP contribution in [0.5, 0.6) is 0 Å². The van der Waals surface area contributed by atoms with E-state index in [1.54, 1.807) is 18.3 Å². The summed E-state index contributed by atoms with van der Waals surface area (Å²) in [5.74, 6) is 0. The van der Waals surface area contributed by atoms with Crippen molar-refractivity contribution >= 4 is 22.7 Å². The van der Waals surface area contributed by atoms with E-state index in [4.69, 9.17) is 9.84 Å². The molecule has 8 heteroatoms. The minimum Gasteiger partial charge on any atom is -0.389 e. The maximum Gasteiger partial charge on any atom is 0.272 e. The van der Waals surface area contributed by atoms with Gasteiger partial charge in [0.2, 0.25) is 0 Å². The fraction of sp³-hybridized carbons (Fsp3) is 0.357. The lowest BCUT2D eigenvalue weighted by Crippen LogP contribution is -2.36. The van der Waals surface area contributed by atoms with Crippen molar-refractivity contribution in [2.75, 3.05) is 31.2 Å². The van der Waals surface area contributed by atoms with Gasteiger partial charge in [-0.3, -0.25) is 10.1 Å². The van der Waals surface area contributed by atoms with Gasteiger partial charge in [-0.2, -0.15) is 0 Å². The van der Waals surface area contributed by atoms with Crippen LogP contribution in [0.25, 0.3) is 10.4 Å². The molecule has 0 radical (unpaired) electrons. The maximum atomic E-state index is 11.2. The summed E-state index contributed by atoms with van der Waals surface area (Å²) in [5.41, 5.74) is 1.61. The normalized spacial score (nSPS) is 15.0. The first kappa shape index (κ1) is 14.9. The van der Waals surface area contributed by atoms with Gasteiger partial charge in [0.05, 0.1) is 29.6 Å². The standard InChI is InChI=1S/C14H15N3O4S/c18-9-14-15-8-13(22-14)10-5-11(7-12(6-10)17(19)20)16-1-3-21-4-2-16/h5-8,18H,1-4,9H2. The smallest absolute Gasteiger partial charge is 0.272 e. The highest BCUT2D eigenvalue weighted by atomic mass is 32.1. The molecule has 1 aromatic carbocycles. The lowest BCUT2D eigenvalue weighted by Gasteiger charge is -2.29. The summed E-state index contributed by atoms with van der Waals surface area (Å²) in [5, 5.41) is 20.9. The number of nitrogens with zero attached hydrogens (tertiary/aromatic N) is 3. The van der Waals surface area contributed by atoms with Crippen LogP contribution in [0.15, 0.2) is 24.4 Å². The highest BCUT2D eigenvalue weighted by molar-refractivity contribution is 7.15. The molecule has 116 valence electrons. The zero-order valence-electron chi connectivity index (χ0n) is 11.8. The van der Waals surface area contributed by atoms with Crippen LogP contribution in [0.3, 0.4) is 0 Å². The Morgan fingerprint density at radius 2 is 2.14 bits per heavy atom. The fourth-order valence-corrected chi connectivity index (χ4v) is 3.13. The molecule has 0 saturated carbocycles. The van der Waals surface area contributed by atoms with Crippen molar-refractivity contribution in [2.45, 2.75) is 6.61 Å². The number of aliphatic hydroxyl groups excluding tert-OH is 1. The first-order chi connectivity index (χ1) is 10.7. The minimum atomic E-state index is -0.387. The Bertz CT molecular complexity index is 682. The van der Waals surface area contributed by atoms with Crippen LogP contribution < -0.4 is 4.90 Å². The fourth-order valence-electron chi connectivity index (χ4n) is 2.36.